The molecule has 0 unspecified atom stereocenters. The number of aliphatic carboxylic acids is 2. The summed E-state index contributed by atoms with van der Waals surface area (Å²) in [7, 11) is 0. The Morgan fingerprint density at radius 1 is 1.00 bits per heavy atom. The first-order valence-corrected chi connectivity index (χ1v) is 4.51. The Hall–Kier alpha value is 3.04. The van der Waals surface area contributed by atoms with E-state index in [1.54, 1.807) is 0 Å². The van der Waals surface area contributed by atoms with Crippen molar-refractivity contribution >= 4 is 11.9 Å². The van der Waals surface area contributed by atoms with Crippen LogP contribution in [0.2, 0.25) is 0 Å². The fourth-order valence-electron chi connectivity index (χ4n) is 1.11. The second kappa shape index (κ2) is 15.1. The molecule has 0 aliphatic carbocycles. The quantitative estimate of drug-likeness (QED) is 0.284. The van der Waals surface area contributed by atoms with Crippen LogP contribution in [0.4, 0.5) is 0 Å². The molecule has 0 saturated carbocycles. The molecule has 0 aromatic rings. The van der Waals surface area contributed by atoms with Crippen LogP contribution in [0.3, 0.4) is 0 Å². The topological polar surface area (TPSA) is 80.3 Å². The Morgan fingerprint density at radius 2 is 1.47 bits per heavy atom. The van der Waals surface area contributed by atoms with Crippen molar-refractivity contribution in [3.05, 3.63) is 0 Å². The SMILES string of the molecule is CCCCCCC(C(=O)[O-])C(=O)[O-].[Cs+].[Cs+]. The maximum atomic E-state index is 10.3. The molecule has 0 spiro atoms. The van der Waals surface area contributed by atoms with Crippen LogP contribution in [-0.2, 0) is 9.59 Å². The molecule has 15 heavy (non-hydrogen) atoms. The summed E-state index contributed by atoms with van der Waals surface area (Å²) in [6.45, 7) is 2.02. The van der Waals surface area contributed by atoms with Gasteiger partial charge in [0.1, 0.15) is 0 Å². The van der Waals surface area contributed by atoms with Crippen molar-refractivity contribution in [2.45, 2.75) is 39.0 Å². The summed E-state index contributed by atoms with van der Waals surface area (Å²) in [5.74, 6) is -4.54. The van der Waals surface area contributed by atoms with Gasteiger partial charge in [0, 0.05) is 5.92 Å². The molecular weight excluding hydrogens is 438 g/mol. The van der Waals surface area contributed by atoms with E-state index in [1.165, 1.54) is 0 Å². The van der Waals surface area contributed by atoms with Crippen LogP contribution >= 0.6 is 0 Å². The van der Waals surface area contributed by atoms with Crippen LogP contribution in [0.25, 0.3) is 0 Å². The molecule has 4 nitrogen and oxygen atoms in total. The molecule has 6 heteroatoms. The molecule has 0 aliphatic rings. The molecule has 0 aliphatic heterocycles. The van der Waals surface area contributed by atoms with Gasteiger partial charge >= 0.3 is 138 Å². The molecule has 0 radical (unpaired) electrons. The van der Waals surface area contributed by atoms with Crippen LogP contribution in [0, 0.1) is 5.92 Å². The summed E-state index contributed by atoms with van der Waals surface area (Å²) >= 11 is 0. The Balaban J connectivity index is -0.000000720. The summed E-state index contributed by atoms with van der Waals surface area (Å²) in [6, 6.07) is 0. The second-order valence-corrected chi connectivity index (χ2v) is 3.04. The maximum absolute atomic E-state index is 10.3. The van der Waals surface area contributed by atoms with E-state index in [-0.39, 0.29) is 144 Å². The van der Waals surface area contributed by atoms with Crippen LogP contribution < -0.4 is 148 Å². The molecule has 0 aromatic carbocycles. The number of rotatable bonds is 7. The molecule has 0 N–H and O–H groups in total. The van der Waals surface area contributed by atoms with Crippen molar-refractivity contribution in [3.8, 4) is 0 Å². The van der Waals surface area contributed by atoms with Gasteiger partial charge in [-0.15, -0.1) is 0 Å². The minimum absolute atomic E-state index is 0. The molecule has 0 rings (SSSR count). The van der Waals surface area contributed by atoms with E-state index in [9.17, 15) is 19.8 Å². The standard InChI is InChI=1S/C9H16O4.2Cs/c1-2-3-4-5-6-7(8(10)11)9(12)13;;/h7H,2-6H2,1H3,(H,10,11)(H,12,13);;/q;2*+1/p-2. The monoisotopic (exact) mass is 452 g/mol. The zero-order valence-corrected chi connectivity index (χ0v) is 22.3. The van der Waals surface area contributed by atoms with Gasteiger partial charge in [-0.05, 0) is 6.42 Å². The Bertz CT molecular complexity index is 171. The second-order valence-electron chi connectivity index (χ2n) is 3.04. The van der Waals surface area contributed by atoms with Crippen molar-refractivity contribution in [2.24, 2.45) is 5.92 Å². The van der Waals surface area contributed by atoms with Gasteiger partial charge in [0.05, 0.1) is 11.9 Å². The minimum Gasteiger partial charge on any atom is -0.549 e. The van der Waals surface area contributed by atoms with Gasteiger partial charge in [0.25, 0.3) is 0 Å². The van der Waals surface area contributed by atoms with E-state index in [0.29, 0.717) is 6.42 Å². The summed E-state index contributed by atoms with van der Waals surface area (Å²) < 4.78 is 0. The van der Waals surface area contributed by atoms with E-state index < -0.39 is 17.9 Å². The molecule has 0 saturated heterocycles. The number of carbonyl (C=O) groups excluding carboxylic acids is 2. The van der Waals surface area contributed by atoms with Crippen LogP contribution in [0.5, 0.6) is 0 Å². The van der Waals surface area contributed by atoms with Gasteiger partial charge in [0.2, 0.25) is 0 Å². The molecule has 0 heterocycles. The molecular formula is C9H14Cs2O4. The molecule has 76 valence electrons. The van der Waals surface area contributed by atoms with Crippen molar-refractivity contribution < 1.29 is 158 Å². The van der Waals surface area contributed by atoms with E-state index in [2.05, 4.69) is 0 Å². The van der Waals surface area contributed by atoms with Gasteiger partial charge < -0.3 is 19.8 Å². The first-order chi connectivity index (χ1) is 6.09. The molecule has 0 fully saturated rings. The van der Waals surface area contributed by atoms with Gasteiger partial charge in [-0.25, -0.2) is 0 Å². The number of hydrogen-bond acceptors (Lipinski definition) is 4. The fourth-order valence-corrected chi connectivity index (χ4v) is 1.11. The summed E-state index contributed by atoms with van der Waals surface area (Å²) in [4.78, 5) is 20.5. The van der Waals surface area contributed by atoms with Crippen molar-refractivity contribution in [1.82, 2.24) is 0 Å². The Labute approximate surface area is 208 Å². The largest absolute Gasteiger partial charge is 1.00 e. The van der Waals surface area contributed by atoms with Gasteiger partial charge in [-0.1, -0.05) is 32.6 Å². The number of unbranched alkanes of at least 4 members (excludes halogenated alkanes) is 3. The molecule has 0 amide bonds. The van der Waals surface area contributed by atoms with E-state index in [4.69, 9.17) is 0 Å². The van der Waals surface area contributed by atoms with Gasteiger partial charge in [-0.3, -0.25) is 0 Å². The summed E-state index contributed by atoms with van der Waals surface area (Å²) in [6.07, 6.45) is 3.59. The Morgan fingerprint density at radius 3 is 1.80 bits per heavy atom. The fraction of sp³-hybridized carbons (Fsp3) is 0.778. The van der Waals surface area contributed by atoms with Crippen molar-refractivity contribution in [2.75, 3.05) is 0 Å². The number of carbonyl (C=O) groups is 2. The van der Waals surface area contributed by atoms with Crippen LogP contribution in [-0.4, -0.2) is 11.9 Å². The van der Waals surface area contributed by atoms with E-state index >= 15 is 0 Å². The maximum Gasteiger partial charge on any atom is 1.00 e. The predicted octanol–water partition coefficient (Wildman–Crippen LogP) is -6.92. The molecule has 0 bridgehead atoms. The predicted molar refractivity (Wildman–Crippen MR) is 42.3 cm³/mol. The zero-order valence-electron chi connectivity index (χ0n) is 9.75. The summed E-state index contributed by atoms with van der Waals surface area (Å²) in [5, 5.41) is 20.5. The first kappa shape index (κ1) is 23.2. The Kier molecular flexibility index (Phi) is 23.3. The third-order valence-electron chi connectivity index (χ3n) is 1.92. The summed E-state index contributed by atoms with van der Waals surface area (Å²) in [5.41, 5.74) is 0. The van der Waals surface area contributed by atoms with Crippen molar-refractivity contribution in [3.63, 3.8) is 0 Å². The zero-order chi connectivity index (χ0) is 10.3. The number of carboxylic acids is 2. The van der Waals surface area contributed by atoms with Gasteiger partial charge in [-0.2, -0.15) is 0 Å². The third kappa shape index (κ3) is 13.3. The average Bonchev–Trinajstić information content (AvgIpc) is 2.02. The normalized spacial score (nSPS) is 8.93. The van der Waals surface area contributed by atoms with Crippen LogP contribution in [0.15, 0.2) is 0 Å². The van der Waals surface area contributed by atoms with E-state index in [1.807, 2.05) is 6.92 Å². The van der Waals surface area contributed by atoms with Gasteiger partial charge in [0.15, 0.2) is 0 Å². The first-order valence-electron chi connectivity index (χ1n) is 4.51. The molecule has 0 atom stereocenters. The van der Waals surface area contributed by atoms with E-state index in [0.717, 1.165) is 19.3 Å². The number of hydrogen-bond donors (Lipinski definition) is 0. The smallest absolute Gasteiger partial charge is 0.549 e. The number of carboxylic acid groups (broad SMARTS) is 2. The minimum atomic E-state index is -1.54. The average molecular weight is 452 g/mol. The third-order valence-corrected chi connectivity index (χ3v) is 1.92. The van der Waals surface area contributed by atoms with Crippen LogP contribution in [0.1, 0.15) is 39.0 Å². The van der Waals surface area contributed by atoms with Crippen molar-refractivity contribution in [1.29, 1.82) is 0 Å². The molecule has 0 aromatic heterocycles.